The second-order valence-electron chi connectivity index (χ2n) is 5.24. The number of methoxy groups -OCH3 is 2. The summed E-state index contributed by atoms with van der Waals surface area (Å²) in [5.41, 5.74) is 2.14. The van der Waals surface area contributed by atoms with E-state index in [0.717, 1.165) is 11.3 Å². The van der Waals surface area contributed by atoms with Crippen LogP contribution in [-0.2, 0) is 17.7 Å². The SMILES string of the molecule is COC(=O)NCc1cc(C(=O)NCCc2cccc(OC)c2)ccn1. The molecule has 7 nitrogen and oxygen atoms in total. The van der Waals surface area contributed by atoms with Gasteiger partial charge in [0.1, 0.15) is 5.75 Å². The zero-order valence-electron chi connectivity index (χ0n) is 14.2. The second-order valence-corrected chi connectivity index (χ2v) is 5.24. The summed E-state index contributed by atoms with van der Waals surface area (Å²) >= 11 is 0. The lowest BCUT2D eigenvalue weighted by Gasteiger charge is -2.08. The fraction of sp³-hybridized carbons (Fsp3) is 0.278. The van der Waals surface area contributed by atoms with Crippen LogP contribution in [0.15, 0.2) is 42.6 Å². The van der Waals surface area contributed by atoms with Gasteiger partial charge >= 0.3 is 6.09 Å². The zero-order chi connectivity index (χ0) is 18.1. The minimum atomic E-state index is -0.546. The summed E-state index contributed by atoms with van der Waals surface area (Å²) in [6.45, 7) is 0.696. The van der Waals surface area contributed by atoms with Crippen LogP contribution in [0, 0.1) is 0 Å². The summed E-state index contributed by atoms with van der Waals surface area (Å²) in [6, 6.07) is 11.0. The molecule has 0 aliphatic rings. The first-order valence-electron chi connectivity index (χ1n) is 7.80. The standard InChI is InChI=1S/C18H21N3O4/c1-24-16-5-3-4-13(10-16)6-8-20-17(22)14-7-9-19-15(11-14)12-21-18(23)25-2/h3-5,7,9-11H,6,8,12H2,1-2H3,(H,20,22)(H,21,23). The van der Waals surface area contributed by atoms with Crippen LogP contribution in [0.2, 0.25) is 0 Å². The Labute approximate surface area is 146 Å². The molecule has 2 rings (SSSR count). The Morgan fingerprint density at radius 3 is 2.72 bits per heavy atom. The van der Waals surface area contributed by atoms with Crippen LogP contribution in [0.5, 0.6) is 5.75 Å². The lowest BCUT2D eigenvalue weighted by Crippen LogP contribution is -2.26. The van der Waals surface area contributed by atoms with Crippen molar-refractivity contribution in [3.63, 3.8) is 0 Å². The zero-order valence-corrected chi connectivity index (χ0v) is 14.2. The molecule has 0 saturated carbocycles. The third-order valence-electron chi connectivity index (χ3n) is 3.51. The van der Waals surface area contributed by atoms with Gasteiger partial charge in [-0.25, -0.2) is 4.79 Å². The van der Waals surface area contributed by atoms with Gasteiger partial charge in [0.25, 0.3) is 5.91 Å². The van der Waals surface area contributed by atoms with Gasteiger partial charge in [0, 0.05) is 18.3 Å². The largest absolute Gasteiger partial charge is 0.497 e. The van der Waals surface area contributed by atoms with Crippen LogP contribution >= 0.6 is 0 Å². The van der Waals surface area contributed by atoms with Crippen molar-refractivity contribution in [1.82, 2.24) is 15.6 Å². The van der Waals surface area contributed by atoms with Crippen LogP contribution in [0.25, 0.3) is 0 Å². The predicted octanol–water partition coefficient (Wildman–Crippen LogP) is 1.92. The Morgan fingerprint density at radius 1 is 1.12 bits per heavy atom. The van der Waals surface area contributed by atoms with Gasteiger partial charge in [-0.05, 0) is 36.2 Å². The molecule has 0 radical (unpaired) electrons. The molecule has 2 amide bonds. The highest BCUT2D eigenvalue weighted by atomic mass is 16.5. The summed E-state index contributed by atoms with van der Waals surface area (Å²) < 4.78 is 9.67. The monoisotopic (exact) mass is 343 g/mol. The molecule has 0 fully saturated rings. The highest BCUT2D eigenvalue weighted by Crippen LogP contribution is 2.12. The average molecular weight is 343 g/mol. The van der Waals surface area contributed by atoms with E-state index in [2.05, 4.69) is 20.4 Å². The molecule has 1 heterocycles. The van der Waals surface area contributed by atoms with E-state index < -0.39 is 6.09 Å². The molecule has 0 bridgehead atoms. The number of nitrogens with one attached hydrogen (secondary N) is 2. The van der Waals surface area contributed by atoms with E-state index in [1.54, 1.807) is 19.2 Å². The molecular formula is C18H21N3O4. The predicted molar refractivity (Wildman–Crippen MR) is 92.5 cm³/mol. The van der Waals surface area contributed by atoms with Crippen molar-refractivity contribution in [2.75, 3.05) is 20.8 Å². The lowest BCUT2D eigenvalue weighted by atomic mass is 10.1. The van der Waals surface area contributed by atoms with E-state index in [0.29, 0.717) is 24.2 Å². The van der Waals surface area contributed by atoms with Crippen LogP contribution in [0.1, 0.15) is 21.6 Å². The first-order chi connectivity index (χ1) is 12.1. The molecule has 1 aromatic heterocycles. The number of aromatic nitrogens is 1. The molecule has 25 heavy (non-hydrogen) atoms. The van der Waals surface area contributed by atoms with Crippen LogP contribution < -0.4 is 15.4 Å². The summed E-state index contributed by atoms with van der Waals surface area (Å²) in [5, 5.41) is 5.39. The maximum absolute atomic E-state index is 12.2. The smallest absolute Gasteiger partial charge is 0.407 e. The first kappa shape index (κ1) is 18.3. The molecule has 0 aliphatic heterocycles. The Hall–Kier alpha value is -3.09. The Balaban J connectivity index is 1.86. The molecule has 1 aromatic carbocycles. The molecule has 132 valence electrons. The third-order valence-corrected chi connectivity index (χ3v) is 3.51. The van der Waals surface area contributed by atoms with Crippen molar-refractivity contribution in [3.05, 3.63) is 59.4 Å². The van der Waals surface area contributed by atoms with Gasteiger partial charge < -0.3 is 20.1 Å². The summed E-state index contributed by atoms with van der Waals surface area (Å²) in [4.78, 5) is 27.4. The quantitative estimate of drug-likeness (QED) is 0.802. The van der Waals surface area contributed by atoms with Crippen molar-refractivity contribution in [2.45, 2.75) is 13.0 Å². The number of pyridine rings is 1. The molecule has 2 N–H and O–H groups in total. The van der Waals surface area contributed by atoms with E-state index in [9.17, 15) is 9.59 Å². The average Bonchev–Trinajstić information content (AvgIpc) is 2.66. The maximum atomic E-state index is 12.2. The van der Waals surface area contributed by atoms with E-state index in [4.69, 9.17) is 4.74 Å². The number of amides is 2. The summed E-state index contributed by atoms with van der Waals surface area (Å²) in [7, 11) is 2.91. The van der Waals surface area contributed by atoms with Gasteiger partial charge in [0.15, 0.2) is 0 Å². The number of carbonyl (C=O) groups excluding carboxylic acids is 2. The van der Waals surface area contributed by atoms with Gasteiger partial charge in [0.05, 0.1) is 26.5 Å². The Bertz CT molecular complexity index is 734. The van der Waals surface area contributed by atoms with Crippen molar-refractivity contribution >= 4 is 12.0 Å². The van der Waals surface area contributed by atoms with E-state index >= 15 is 0 Å². The molecule has 2 aromatic rings. The van der Waals surface area contributed by atoms with Gasteiger partial charge in [0.2, 0.25) is 0 Å². The molecule has 7 heteroatoms. The summed E-state index contributed by atoms with van der Waals surface area (Å²) in [6.07, 6.45) is 1.69. The van der Waals surface area contributed by atoms with Gasteiger partial charge in [-0.1, -0.05) is 12.1 Å². The fourth-order valence-electron chi connectivity index (χ4n) is 2.20. The van der Waals surface area contributed by atoms with E-state index in [1.807, 2.05) is 24.3 Å². The minimum absolute atomic E-state index is 0.190. The number of rotatable bonds is 7. The van der Waals surface area contributed by atoms with E-state index in [-0.39, 0.29) is 12.5 Å². The minimum Gasteiger partial charge on any atom is -0.497 e. The van der Waals surface area contributed by atoms with Crippen molar-refractivity contribution < 1.29 is 19.1 Å². The number of nitrogens with zero attached hydrogens (tertiary/aromatic N) is 1. The molecule has 0 aliphatic carbocycles. The topological polar surface area (TPSA) is 89.5 Å². The third kappa shape index (κ3) is 5.80. The van der Waals surface area contributed by atoms with Crippen LogP contribution in [0.3, 0.4) is 0 Å². The number of hydrogen-bond acceptors (Lipinski definition) is 5. The van der Waals surface area contributed by atoms with Crippen molar-refractivity contribution in [1.29, 1.82) is 0 Å². The molecule has 0 spiro atoms. The summed E-state index contributed by atoms with van der Waals surface area (Å²) in [5.74, 6) is 0.602. The molecule has 0 atom stereocenters. The van der Waals surface area contributed by atoms with Gasteiger partial charge in [-0.15, -0.1) is 0 Å². The fourth-order valence-corrected chi connectivity index (χ4v) is 2.20. The van der Waals surface area contributed by atoms with Gasteiger partial charge in [-0.3, -0.25) is 9.78 Å². The van der Waals surface area contributed by atoms with Gasteiger partial charge in [-0.2, -0.15) is 0 Å². The molecule has 0 unspecified atom stereocenters. The highest BCUT2D eigenvalue weighted by Gasteiger charge is 2.08. The lowest BCUT2D eigenvalue weighted by molar-refractivity contribution is 0.0954. The number of alkyl carbamates (subject to hydrolysis) is 1. The second kappa shape index (κ2) is 9.27. The number of ether oxygens (including phenoxy) is 2. The first-order valence-corrected chi connectivity index (χ1v) is 7.80. The van der Waals surface area contributed by atoms with E-state index in [1.165, 1.54) is 13.3 Å². The normalized spacial score (nSPS) is 10.0. The van der Waals surface area contributed by atoms with Crippen LogP contribution in [-0.4, -0.2) is 37.7 Å². The number of benzene rings is 1. The number of carbonyl (C=O) groups is 2. The van der Waals surface area contributed by atoms with Crippen molar-refractivity contribution in [3.8, 4) is 5.75 Å². The Kier molecular flexibility index (Phi) is 6.76. The highest BCUT2D eigenvalue weighted by molar-refractivity contribution is 5.94. The van der Waals surface area contributed by atoms with Crippen LogP contribution in [0.4, 0.5) is 4.79 Å². The molecule has 0 saturated heterocycles. The van der Waals surface area contributed by atoms with Crippen molar-refractivity contribution in [2.24, 2.45) is 0 Å². The molecular weight excluding hydrogens is 322 g/mol. The maximum Gasteiger partial charge on any atom is 0.407 e. The Morgan fingerprint density at radius 2 is 1.96 bits per heavy atom. The number of hydrogen-bond donors (Lipinski definition) is 2.